The van der Waals surface area contributed by atoms with Crippen LogP contribution in [0.5, 0.6) is 0 Å². The Kier molecular flexibility index (Phi) is 3.33. The van der Waals surface area contributed by atoms with Gasteiger partial charge in [-0.1, -0.05) is 0 Å². The third kappa shape index (κ3) is 2.10. The van der Waals surface area contributed by atoms with Crippen molar-refractivity contribution in [2.75, 3.05) is 0 Å². The van der Waals surface area contributed by atoms with Gasteiger partial charge in [0, 0.05) is 5.56 Å². The van der Waals surface area contributed by atoms with Crippen molar-refractivity contribution in [3.63, 3.8) is 0 Å². The molecule has 0 aliphatic heterocycles. The van der Waals surface area contributed by atoms with E-state index in [-0.39, 0.29) is 11.3 Å². The Hall–Kier alpha value is -0.300. The number of hydrogen-bond donors (Lipinski definition) is 1. The van der Waals surface area contributed by atoms with Gasteiger partial charge in [0.2, 0.25) is 0 Å². The molecule has 12 heavy (non-hydrogen) atoms. The van der Waals surface area contributed by atoms with Crippen LogP contribution in [-0.2, 0) is 6.61 Å². The van der Waals surface area contributed by atoms with Gasteiger partial charge in [-0.3, -0.25) is 0 Å². The molecule has 1 heterocycles. The van der Waals surface area contributed by atoms with Crippen LogP contribution in [0, 0.1) is 3.70 Å². The van der Waals surface area contributed by atoms with Crippen LogP contribution in [0.15, 0.2) is 12.1 Å². The van der Waals surface area contributed by atoms with Crippen LogP contribution in [0.2, 0.25) is 0 Å². The molecular formula is C7H6F2INO. The summed E-state index contributed by atoms with van der Waals surface area (Å²) in [6.45, 7) is -0.448. The van der Waals surface area contributed by atoms with Crippen molar-refractivity contribution in [1.29, 1.82) is 0 Å². The third-order valence-electron chi connectivity index (χ3n) is 1.36. The first-order valence-corrected chi connectivity index (χ1v) is 4.27. The van der Waals surface area contributed by atoms with Gasteiger partial charge in [0.05, 0.1) is 12.3 Å². The van der Waals surface area contributed by atoms with Crippen molar-refractivity contribution in [3.8, 4) is 0 Å². The predicted octanol–water partition coefficient (Wildman–Crippen LogP) is 2.12. The molecule has 0 aromatic carbocycles. The number of alkyl halides is 2. The lowest BCUT2D eigenvalue weighted by Gasteiger charge is -2.04. The molecule has 0 unspecified atom stereocenters. The Morgan fingerprint density at radius 3 is 2.67 bits per heavy atom. The van der Waals surface area contributed by atoms with Crippen LogP contribution in [0.4, 0.5) is 8.78 Å². The fourth-order valence-corrected chi connectivity index (χ4v) is 1.28. The van der Waals surface area contributed by atoms with E-state index >= 15 is 0 Å². The van der Waals surface area contributed by atoms with E-state index in [1.165, 1.54) is 12.1 Å². The average molecular weight is 285 g/mol. The monoisotopic (exact) mass is 285 g/mol. The molecule has 0 saturated heterocycles. The zero-order valence-electron chi connectivity index (χ0n) is 5.97. The fraction of sp³-hybridized carbons (Fsp3) is 0.286. The summed E-state index contributed by atoms with van der Waals surface area (Å²) >= 11 is 1.90. The molecule has 1 aromatic rings. The minimum Gasteiger partial charge on any atom is -0.390 e. The van der Waals surface area contributed by atoms with Gasteiger partial charge >= 0.3 is 0 Å². The summed E-state index contributed by atoms with van der Waals surface area (Å²) in [5.74, 6) is 0. The lowest BCUT2D eigenvalue weighted by atomic mass is 10.2. The Morgan fingerprint density at radius 1 is 1.50 bits per heavy atom. The van der Waals surface area contributed by atoms with Crippen LogP contribution >= 0.6 is 22.6 Å². The van der Waals surface area contributed by atoms with Crippen molar-refractivity contribution in [3.05, 3.63) is 27.1 Å². The van der Waals surface area contributed by atoms with Gasteiger partial charge in [-0.15, -0.1) is 0 Å². The second-order valence-electron chi connectivity index (χ2n) is 2.13. The van der Waals surface area contributed by atoms with Crippen molar-refractivity contribution < 1.29 is 13.9 Å². The number of pyridine rings is 1. The van der Waals surface area contributed by atoms with E-state index in [4.69, 9.17) is 5.11 Å². The second-order valence-corrected chi connectivity index (χ2v) is 3.23. The molecule has 0 spiro atoms. The number of aliphatic hydroxyl groups excluding tert-OH is 1. The topological polar surface area (TPSA) is 33.1 Å². The van der Waals surface area contributed by atoms with Gasteiger partial charge in [-0.2, -0.15) is 0 Å². The summed E-state index contributed by atoms with van der Waals surface area (Å²) in [7, 11) is 0. The molecule has 1 N–H and O–H groups in total. The number of nitrogens with zero attached hydrogens (tertiary/aromatic N) is 1. The molecule has 0 bridgehead atoms. The molecule has 0 saturated carbocycles. The van der Waals surface area contributed by atoms with Crippen molar-refractivity contribution in [2.45, 2.75) is 13.0 Å². The highest BCUT2D eigenvalue weighted by Gasteiger charge is 2.13. The van der Waals surface area contributed by atoms with Gasteiger partial charge in [-0.05, 0) is 34.7 Å². The fourth-order valence-electron chi connectivity index (χ4n) is 0.811. The molecule has 5 heteroatoms. The highest BCUT2D eigenvalue weighted by molar-refractivity contribution is 14.1. The molecule has 0 aliphatic rings. The lowest BCUT2D eigenvalue weighted by Crippen LogP contribution is -1.99. The Balaban J connectivity index is 3.11. The van der Waals surface area contributed by atoms with Crippen molar-refractivity contribution >= 4 is 22.6 Å². The SMILES string of the molecule is OCc1nc(I)ccc1C(F)F. The van der Waals surface area contributed by atoms with Gasteiger partial charge in [0.25, 0.3) is 6.43 Å². The van der Waals surface area contributed by atoms with Crippen LogP contribution in [0.3, 0.4) is 0 Å². The summed E-state index contributed by atoms with van der Waals surface area (Å²) in [6.07, 6.45) is -2.57. The van der Waals surface area contributed by atoms with Gasteiger partial charge < -0.3 is 5.11 Å². The van der Waals surface area contributed by atoms with Gasteiger partial charge in [0.15, 0.2) is 0 Å². The highest BCUT2D eigenvalue weighted by Crippen LogP contribution is 2.22. The normalized spacial score (nSPS) is 10.8. The molecule has 1 rings (SSSR count). The minimum atomic E-state index is -2.57. The van der Waals surface area contributed by atoms with E-state index in [2.05, 4.69) is 4.98 Å². The summed E-state index contributed by atoms with van der Waals surface area (Å²) in [6, 6.07) is 2.77. The zero-order valence-corrected chi connectivity index (χ0v) is 8.12. The van der Waals surface area contributed by atoms with Crippen LogP contribution in [-0.4, -0.2) is 10.1 Å². The summed E-state index contributed by atoms with van der Waals surface area (Å²) in [5.41, 5.74) is -0.144. The predicted molar refractivity (Wildman–Crippen MR) is 47.8 cm³/mol. The second kappa shape index (κ2) is 4.08. The maximum absolute atomic E-state index is 12.2. The number of hydrogen-bond acceptors (Lipinski definition) is 2. The standard InChI is InChI=1S/C7H6F2INO/c8-7(9)4-1-2-6(10)11-5(4)3-12/h1-2,7,12H,3H2. The van der Waals surface area contributed by atoms with Crippen LogP contribution < -0.4 is 0 Å². The largest absolute Gasteiger partial charge is 0.390 e. The minimum absolute atomic E-state index is 0.0527. The van der Waals surface area contributed by atoms with Gasteiger partial charge in [-0.25, -0.2) is 13.8 Å². The first kappa shape index (κ1) is 9.79. The quantitative estimate of drug-likeness (QED) is 0.667. The van der Waals surface area contributed by atoms with E-state index in [1.807, 2.05) is 22.6 Å². The molecule has 2 nitrogen and oxygen atoms in total. The first-order chi connectivity index (χ1) is 5.65. The van der Waals surface area contributed by atoms with E-state index in [9.17, 15) is 8.78 Å². The van der Waals surface area contributed by atoms with Crippen LogP contribution in [0.25, 0.3) is 0 Å². The lowest BCUT2D eigenvalue weighted by molar-refractivity contribution is 0.146. The van der Waals surface area contributed by atoms with Crippen molar-refractivity contribution in [2.24, 2.45) is 0 Å². The molecule has 0 aliphatic carbocycles. The highest BCUT2D eigenvalue weighted by atomic mass is 127. The van der Waals surface area contributed by atoms with Crippen molar-refractivity contribution in [1.82, 2.24) is 4.98 Å². The summed E-state index contributed by atoms with van der Waals surface area (Å²) in [5, 5.41) is 8.69. The maximum atomic E-state index is 12.2. The number of aromatic nitrogens is 1. The van der Waals surface area contributed by atoms with Gasteiger partial charge in [0.1, 0.15) is 3.70 Å². The van der Waals surface area contributed by atoms with E-state index in [1.54, 1.807) is 0 Å². The maximum Gasteiger partial charge on any atom is 0.265 e. The number of aliphatic hydroxyl groups is 1. The summed E-state index contributed by atoms with van der Waals surface area (Å²) in [4.78, 5) is 3.77. The smallest absolute Gasteiger partial charge is 0.265 e. The Morgan fingerprint density at radius 2 is 2.17 bits per heavy atom. The molecule has 0 atom stereocenters. The third-order valence-corrected chi connectivity index (χ3v) is 1.96. The molecule has 66 valence electrons. The molecular weight excluding hydrogens is 279 g/mol. The first-order valence-electron chi connectivity index (χ1n) is 3.19. The summed E-state index contributed by atoms with van der Waals surface area (Å²) < 4.78 is 25.0. The average Bonchev–Trinajstić information content (AvgIpc) is 2.03. The number of halogens is 3. The number of rotatable bonds is 2. The van der Waals surface area contributed by atoms with Crippen LogP contribution in [0.1, 0.15) is 17.7 Å². The molecule has 0 fully saturated rings. The molecule has 0 amide bonds. The molecule has 0 radical (unpaired) electrons. The van der Waals surface area contributed by atoms with E-state index in [0.717, 1.165) is 0 Å². The molecule has 1 aromatic heterocycles. The zero-order chi connectivity index (χ0) is 9.14. The van der Waals surface area contributed by atoms with E-state index < -0.39 is 13.0 Å². The Labute approximate surface area is 81.8 Å². The Bertz CT molecular complexity index is 280. The van der Waals surface area contributed by atoms with E-state index in [0.29, 0.717) is 3.70 Å².